The fourth-order valence-corrected chi connectivity index (χ4v) is 2.51. The molecule has 1 heterocycles. The molecule has 188 valence electrons. The summed E-state index contributed by atoms with van der Waals surface area (Å²) in [6.07, 6.45) is 1.19. The first-order valence-corrected chi connectivity index (χ1v) is 10.9. The molecule has 0 bridgehead atoms. The molecule has 34 heavy (non-hydrogen) atoms. The number of amides is 1. The molecule has 1 N–H and O–H groups in total. The fourth-order valence-electron chi connectivity index (χ4n) is 2.51. The third kappa shape index (κ3) is 9.55. The zero-order valence-electron chi connectivity index (χ0n) is 20.3. The number of carbonyl (C=O) groups excluding carboxylic acids is 5. The van der Waals surface area contributed by atoms with Crippen molar-refractivity contribution < 1.29 is 42.9 Å². The second-order valence-corrected chi connectivity index (χ2v) is 7.89. The Balaban J connectivity index is 2.99. The number of carbonyl (C=O) groups is 5. The maximum atomic E-state index is 12.9. The smallest absolute Gasteiger partial charge is 0.332 e. The third-order valence-corrected chi connectivity index (χ3v) is 4.27. The van der Waals surface area contributed by atoms with Gasteiger partial charge in [-0.2, -0.15) is 0 Å². The van der Waals surface area contributed by atoms with Gasteiger partial charge >= 0.3 is 23.9 Å². The lowest BCUT2D eigenvalue weighted by Gasteiger charge is -2.21. The summed E-state index contributed by atoms with van der Waals surface area (Å²) in [5.74, 6) is -3.82. The van der Waals surface area contributed by atoms with E-state index < -0.39 is 48.5 Å². The molecule has 0 radical (unpaired) electrons. The molecule has 2 unspecified atom stereocenters. The van der Waals surface area contributed by atoms with Crippen LogP contribution in [0.5, 0.6) is 5.75 Å². The van der Waals surface area contributed by atoms with Crippen LogP contribution in [0.3, 0.4) is 0 Å². The molecule has 1 amide bonds. The Morgan fingerprint density at radius 1 is 1.03 bits per heavy atom. The second kappa shape index (κ2) is 13.9. The summed E-state index contributed by atoms with van der Waals surface area (Å²) >= 11 is 0. The highest BCUT2D eigenvalue weighted by atomic mass is 16.6. The van der Waals surface area contributed by atoms with E-state index in [2.05, 4.69) is 10.3 Å². The van der Waals surface area contributed by atoms with Crippen molar-refractivity contribution in [2.75, 3.05) is 13.2 Å². The lowest BCUT2D eigenvalue weighted by atomic mass is 10.2. The molecule has 0 fully saturated rings. The van der Waals surface area contributed by atoms with E-state index in [1.807, 2.05) is 0 Å². The molecular weight excluding hydrogens is 448 g/mol. The molecule has 0 aliphatic carbocycles. The van der Waals surface area contributed by atoms with Crippen molar-refractivity contribution in [1.82, 2.24) is 10.3 Å². The average Bonchev–Trinajstić information content (AvgIpc) is 2.75. The molecule has 2 atom stereocenters. The van der Waals surface area contributed by atoms with Crippen LogP contribution in [0.1, 0.15) is 63.5 Å². The normalized spacial score (nSPS) is 12.3. The molecule has 1 aromatic rings. The van der Waals surface area contributed by atoms with Crippen LogP contribution in [0.15, 0.2) is 12.3 Å². The molecule has 0 saturated carbocycles. The first-order valence-electron chi connectivity index (χ1n) is 10.9. The number of nitrogens with one attached hydrogen (secondary N) is 1. The van der Waals surface area contributed by atoms with Crippen molar-refractivity contribution in [3.63, 3.8) is 0 Å². The number of hydrogen-bond acceptors (Lipinski definition) is 10. The molecule has 0 spiro atoms. The molecule has 0 aromatic carbocycles. The van der Waals surface area contributed by atoms with Crippen LogP contribution in [0.4, 0.5) is 0 Å². The van der Waals surface area contributed by atoms with Gasteiger partial charge in [-0.1, -0.05) is 20.8 Å². The highest BCUT2D eigenvalue weighted by molar-refractivity contribution is 5.98. The fraction of sp³-hybridized carbons (Fsp3) is 0.565. The van der Waals surface area contributed by atoms with E-state index in [1.54, 1.807) is 33.8 Å². The van der Waals surface area contributed by atoms with Crippen LogP contribution in [0.2, 0.25) is 0 Å². The van der Waals surface area contributed by atoms with Crippen LogP contribution in [-0.4, -0.2) is 60.1 Å². The van der Waals surface area contributed by atoms with Crippen molar-refractivity contribution in [3.8, 4) is 5.75 Å². The maximum Gasteiger partial charge on any atom is 0.332 e. The van der Waals surface area contributed by atoms with E-state index in [1.165, 1.54) is 20.0 Å². The Hall–Kier alpha value is -3.50. The first-order chi connectivity index (χ1) is 16.0. The standard InChI is InChI=1S/C23H32N2O9/c1-7-8-18(27)31-12-17(23(30)33-15(5)11-32-22(29)13(2)3)25-21(28)19-20(34-16(6)26)14(4)9-10-24-19/h9-10,13,15,17H,7-8,11-12H2,1-6H3,(H,25,28). The van der Waals surface area contributed by atoms with Crippen LogP contribution in [0, 0.1) is 12.8 Å². The predicted octanol–water partition coefficient (Wildman–Crippen LogP) is 1.89. The zero-order valence-corrected chi connectivity index (χ0v) is 20.3. The Kier molecular flexibility index (Phi) is 11.7. The molecule has 11 nitrogen and oxygen atoms in total. The largest absolute Gasteiger partial charge is 0.463 e. The van der Waals surface area contributed by atoms with E-state index in [9.17, 15) is 24.0 Å². The molecule has 1 rings (SSSR count). The van der Waals surface area contributed by atoms with Crippen molar-refractivity contribution in [3.05, 3.63) is 23.5 Å². The number of aryl methyl sites for hydroxylation is 1. The minimum atomic E-state index is -1.39. The zero-order chi connectivity index (χ0) is 25.8. The number of aromatic nitrogens is 1. The van der Waals surface area contributed by atoms with Gasteiger partial charge in [-0.3, -0.25) is 19.2 Å². The number of hydrogen-bond donors (Lipinski definition) is 1. The lowest BCUT2D eigenvalue weighted by Crippen LogP contribution is -2.47. The second-order valence-electron chi connectivity index (χ2n) is 7.89. The van der Waals surface area contributed by atoms with E-state index >= 15 is 0 Å². The van der Waals surface area contributed by atoms with Gasteiger partial charge in [0.25, 0.3) is 5.91 Å². The summed E-state index contributed by atoms with van der Waals surface area (Å²) in [6, 6.07) is 0.164. The highest BCUT2D eigenvalue weighted by Gasteiger charge is 2.29. The predicted molar refractivity (Wildman–Crippen MR) is 119 cm³/mol. The highest BCUT2D eigenvalue weighted by Crippen LogP contribution is 2.21. The number of pyridine rings is 1. The Morgan fingerprint density at radius 2 is 1.71 bits per heavy atom. The molecule has 0 saturated heterocycles. The molecule has 11 heteroatoms. The van der Waals surface area contributed by atoms with E-state index in [-0.39, 0.29) is 30.4 Å². The molecule has 0 aliphatic heterocycles. The number of nitrogens with zero attached hydrogens (tertiary/aromatic N) is 1. The lowest BCUT2D eigenvalue weighted by molar-refractivity contribution is -0.163. The minimum Gasteiger partial charge on any atom is -0.463 e. The average molecular weight is 481 g/mol. The van der Waals surface area contributed by atoms with Gasteiger partial charge in [0.2, 0.25) is 0 Å². The van der Waals surface area contributed by atoms with Gasteiger partial charge in [-0.05, 0) is 31.9 Å². The van der Waals surface area contributed by atoms with Crippen LogP contribution < -0.4 is 10.1 Å². The Morgan fingerprint density at radius 3 is 2.29 bits per heavy atom. The summed E-state index contributed by atoms with van der Waals surface area (Å²) in [5.41, 5.74) is 0.247. The van der Waals surface area contributed by atoms with Crippen molar-refractivity contribution in [1.29, 1.82) is 0 Å². The number of rotatable bonds is 12. The Labute approximate surface area is 198 Å². The molecule has 1 aromatic heterocycles. The van der Waals surface area contributed by atoms with Gasteiger partial charge in [0.1, 0.15) is 19.3 Å². The summed E-state index contributed by atoms with van der Waals surface area (Å²) < 4.78 is 20.5. The van der Waals surface area contributed by atoms with Crippen LogP contribution in [-0.2, 0) is 33.4 Å². The summed E-state index contributed by atoms with van der Waals surface area (Å²) in [7, 11) is 0. The van der Waals surface area contributed by atoms with Gasteiger partial charge < -0.3 is 24.3 Å². The Bertz CT molecular complexity index is 898. The van der Waals surface area contributed by atoms with Gasteiger partial charge in [-0.15, -0.1) is 0 Å². The summed E-state index contributed by atoms with van der Waals surface area (Å²) in [6.45, 7) is 8.75. The quantitative estimate of drug-likeness (QED) is 0.347. The monoisotopic (exact) mass is 480 g/mol. The number of ether oxygens (including phenoxy) is 4. The third-order valence-electron chi connectivity index (χ3n) is 4.27. The summed E-state index contributed by atoms with van der Waals surface area (Å²) in [4.78, 5) is 64.4. The van der Waals surface area contributed by atoms with E-state index in [0.29, 0.717) is 12.0 Å². The molecular formula is C23H32N2O9. The summed E-state index contributed by atoms with van der Waals surface area (Å²) in [5, 5.41) is 2.41. The van der Waals surface area contributed by atoms with Gasteiger partial charge in [-0.25, -0.2) is 9.78 Å². The number of esters is 4. The molecule has 0 aliphatic rings. The van der Waals surface area contributed by atoms with Crippen LogP contribution >= 0.6 is 0 Å². The van der Waals surface area contributed by atoms with Gasteiger partial charge in [0.15, 0.2) is 17.5 Å². The van der Waals surface area contributed by atoms with Gasteiger partial charge in [0, 0.05) is 19.5 Å². The van der Waals surface area contributed by atoms with Gasteiger partial charge in [0.05, 0.1) is 5.92 Å². The first kappa shape index (κ1) is 28.5. The minimum absolute atomic E-state index is 0.0587. The maximum absolute atomic E-state index is 12.9. The van der Waals surface area contributed by atoms with Crippen molar-refractivity contribution >= 4 is 29.8 Å². The van der Waals surface area contributed by atoms with Crippen molar-refractivity contribution in [2.45, 2.75) is 66.5 Å². The van der Waals surface area contributed by atoms with E-state index in [0.717, 1.165) is 0 Å². The SMILES string of the molecule is CCCC(=O)OCC(NC(=O)c1nccc(C)c1OC(C)=O)C(=O)OC(C)COC(=O)C(C)C. The van der Waals surface area contributed by atoms with Crippen LogP contribution in [0.25, 0.3) is 0 Å². The topological polar surface area (TPSA) is 147 Å². The van der Waals surface area contributed by atoms with E-state index in [4.69, 9.17) is 18.9 Å². The van der Waals surface area contributed by atoms with Crippen molar-refractivity contribution in [2.24, 2.45) is 5.92 Å².